The second kappa shape index (κ2) is 6.89. The van der Waals surface area contributed by atoms with E-state index in [1.165, 1.54) is 6.07 Å². The molecule has 0 fully saturated rings. The van der Waals surface area contributed by atoms with E-state index in [4.69, 9.17) is 16.9 Å². The molecule has 0 bridgehead atoms. The van der Waals surface area contributed by atoms with Gasteiger partial charge in [-0.15, -0.1) is 0 Å². The number of alkyl halides is 3. The molecule has 0 aliphatic carbocycles. The topological polar surface area (TPSA) is 80.7 Å². The van der Waals surface area contributed by atoms with Gasteiger partial charge in [-0.2, -0.15) is 18.4 Å². The van der Waals surface area contributed by atoms with Gasteiger partial charge in [0.05, 0.1) is 29.1 Å². The quantitative estimate of drug-likeness (QED) is 0.684. The van der Waals surface area contributed by atoms with Crippen LogP contribution < -0.4 is 11.1 Å². The highest BCUT2D eigenvalue weighted by Crippen LogP contribution is 2.29. The lowest BCUT2D eigenvalue weighted by atomic mass is 10.2. The maximum Gasteiger partial charge on any atom is 0.417 e. The summed E-state index contributed by atoms with van der Waals surface area (Å²) in [6, 6.07) is 8.69. The van der Waals surface area contributed by atoms with Gasteiger partial charge in [0, 0.05) is 6.20 Å². The Morgan fingerprint density at radius 3 is 2.56 bits per heavy atom. The summed E-state index contributed by atoms with van der Waals surface area (Å²) in [6.45, 7) is -0.822. The maximum absolute atomic E-state index is 13.0. The van der Waals surface area contributed by atoms with Crippen molar-refractivity contribution in [2.75, 3.05) is 0 Å². The Balaban J connectivity index is 2.22. The molecule has 0 amide bonds. The Kier molecular flexibility index (Phi) is 4.76. The number of hydrogen-bond donors (Lipinski definition) is 0. The lowest BCUT2D eigenvalue weighted by Gasteiger charge is -2.14. The Morgan fingerprint density at radius 2 is 1.89 bits per heavy atom. The minimum atomic E-state index is -4.71. The van der Waals surface area contributed by atoms with Crippen molar-refractivity contribution in [2.24, 2.45) is 0 Å². The number of fused-ring (bicyclic) bond motifs is 1. The van der Waals surface area contributed by atoms with E-state index >= 15 is 0 Å². The normalized spacial score (nSPS) is 11.5. The van der Waals surface area contributed by atoms with Crippen LogP contribution in [0.5, 0.6) is 0 Å². The number of para-hydroxylation sites is 1. The van der Waals surface area contributed by atoms with Crippen LogP contribution in [0.15, 0.2) is 46.1 Å². The van der Waals surface area contributed by atoms with Crippen LogP contribution in [0.3, 0.4) is 0 Å². The van der Waals surface area contributed by atoms with Gasteiger partial charge in [0.2, 0.25) is 0 Å². The van der Waals surface area contributed by atoms with Gasteiger partial charge < -0.3 is 4.57 Å². The first-order chi connectivity index (χ1) is 12.7. The van der Waals surface area contributed by atoms with Gasteiger partial charge in [0.25, 0.3) is 11.1 Å². The van der Waals surface area contributed by atoms with Crippen molar-refractivity contribution in [3.63, 3.8) is 0 Å². The standard InChI is InChI=1S/C17H10ClF3N4O2/c18-12-7-10(17(19,20)21)8-24(16(12)27)9-14-23-13-4-2-1-3-11(13)15(26)25(14)6-5-22/h1-4,7-8H,6,9H2. The Morgan fingerprint density at radius 1 is 1.19 bits per heavy atom. The summed E-state index contributed by atoms with van der Waals surface area (Å²) >= 11 is 5.64. The summed E-state index contributed by atoms with van der Waals surface area (Å²) < 4.78 is 40.7. The molecule has 27 heavy (non-hydrogen) atoms. The van der Waals surface area contributed by atoms with Gasteiger partial charge >= 0.3 is 6.18 Å². The SMILES string of the molecule is N#CCn1c(Cn2cc(C(F)(F)F)cc(Cl)c2=O)nc2ccccc2c1=O. The molecular weight excluding hydrogens is 385 g/mol. The van der Waals surface area contributed by atoms with E-state index in [0.717, 1.165) is 9.13 Å². The Hall–Kier alpha value is -3.12. The van der Waals surface area contributed by atoms with Crippen molar-refractivity contribution in [1.82, 2.24) is 14.1 Å². The van der Waals surface area contributed by atoms with Crippen LogP contribution in [0.2, 0.25) is 5.02 Å². The van der Waals surface area contributed by atoms with Gasteiger partial charge in [0.15, 0.2) is 0 Å². The van der Waals surface area contributed by atoms with Crippen LogP contribution in [0.25, 0.3) is 10.9 Å². The number of halogens is 4. The van der Waals surface area contributed by atoms with E-state index in [2.05, 4.69) is 4.98 Å². The minimum Gasteiger partial charge on any atom is -0.306 e. The number of nitriles is 1. The highest BCUT2D eigenvalue weighted by molar-refractivity contribution is 6.30. The summed E-state index contributed by atoms with van der Waals surface area (Å²) in [5.41, 5.74) is -2.20. The lowest BCUT2D eigenvalue weighted by molar-refractivity contribution is -0.138. The molecule has 0 spiro atoms. The van der Waals surface area contributed by atoms with Gasteiger partial charge in [-0.05, 0) is 18.2 Å². The monoisotopic (exact) mass is 394 g/mol. The van der Waals surface area contributed by atoms with Crippen LogP contribution in [-0.4, -0.2) is 14.1 Å². The Bertz CT molecular complexity index is 1190. The molecule has 0 atom stereocenters. The van der Waals surface area contributed by atoms with E-state index in [9.17, 15) is 22.8 Å². The van der Waals surface area contributed by atoms with Crippen LogP contribution in [-0.2, 0) is 19.3 Å². The fourth-order valence-electron chi connectivity index (χ4n) is 2.59. The van der Waals surface area contributed by atoms with E-state index in [1.54, 1.807) is 24.3 Å². The number of aromatic nitrogens is 3. The first-order valence-corrected chi connectivity index (χ1v) is 7.92. The van der Waals surface area contributed by atoms with Gasteiger partial charge in [-0.25, -0.2) is 4.98 Å². The van der Waals surface area contributed by atoms with Crippen molar-refractivity contribution in [1.29, 1.82) is 5.26 Å². The molecule has 0 unspecified atom stereocenters. The molecule has 2 aromatic heterocycles. The van der Waals surface area contributed by atoms with Crippen LogP contribution >= 0.6 is 11.6 Å². The van der Waals surface area contributed by atoms with Crippen molar-refractivity contribution in [3.8, 4) is 6.07 Å². The van der Waals surface area contributed by atoms with Gasteiger partial charge in [-0.1, -0.05) is 23.7 Å². The summed E-state index contributed by atoms with van der Waals surface area (Å²) in [5, 5.41) is 8.62. The average Bonchev–Trinajstić information content (AvgIpc) is 2.61. The summed E-state index contributed by atoms with van der Waals surface area (Å²) in [6.07, 6.45) is -4.10. The number of rotatable bonds is 3. The number of nitrogens with zero attached hydrogens (tertiary/aromatic N) is 4. The molecule has 0 aliphatic heterocycles. The average molecular weight is 395 g/mol. The molecular formula is C17H10ClF3N4O2. The molecule has 0 aliphatic rings. The summed E-state index contributed by atoms with van der Waals surface area (Å²) in [5.74, 6) is -0.0299. The molecule has 0 radical (unpaired) electrons. The third-order valence-electron chi connectivity index (χ3n) is 3.85. The highest BCUT2D eigenvalue weighted by atomic mass is 35.5. The third kappa shape index (κ3) is 3.57. The predicted molar refractivity (Wildman–Crippen MR) is 91.4 cm³/mol. The molecule has 0 saturated heterocycles. The largest absolute Gasteiger partial charge is 0.417 e. The fraction of sp³-hybridized carbons (Fsp3) is 0.176. The molecule has 0 N–H and O–H groups in total. The van der Waals surface area contributed by atoms with Crippen molar-refractivity contribution in [3.05, 3.63) is 73.6 Å². The molecule has 2 heterocycles. The number of benzene rings is 1. The first-order valence-electron chi connectivity index (χ1n) is 7.55. The third-order valence-corrected chi connectivity index (χ3v) is 4.12. The molecule has 6 nitrogen and oxygen atoms in total. The molecule has 3 rings (SSSR count). The second-order valence-corrected chi connectivity index (χ2v) is 6.01. The smallest absolute Gasteiger partial charge is 0.306 e. The van der Waals surface area contributed by atoms with Crippen LogP contribution in [0.4, 0.5) is 13.2 Å². The van der Waals surface area contributed by atoms with Gasteiger partial charge in [0.1, 0.15) is 17.4 Å². The maximum atomic E-state index is 13.0. The van der Waals surface area contributed by atoms with Crippen molar-refractivity contribution >= 4 is 22.5 Å². The zero-order valence-electron chi connectivity index (χ0n) is 13.5. The summed E-state index contributed by atoms with van der Waals surface area (Å²) in [7, 11) is 0. The highest BCUT2D eigenvalue weighted by Gasteiger charge is 2.32. The molecule has 3 aromatic rings. The van der Waals surface area contributed by atoms with E-state index in [1.807, 2.05) is 0 Å². The number of pyridine rings is 1. The fourth-order valence-corrected chi connectivity index (χ4v) is 2.82. The minimum absolute atomic E-state index is 0.0299. The van der Waals surface area contributed by atoms with E-state index in [-0.39, 0.29) is 17.8 Å². The molecule has 138 valence electrons. The number of hydrogen-bond acceptors (Lipinski definition) is 4. The molecule has 10 heteroatoms. The Labute approximate surface area is 154 Å². The predicted octanol–water partition coefficient (Wildman–Crippen LogP) is 2.80. The molecule has 1 aromatic carbocycles. The van der Waals surface area contributed by atoms with Crippen LogP contribution in [0.1, 0.15) is 11.4 Å². The first kappa shape index (κ1) is 18.7. The molecule has 0 saturated carbocycles. The van der Waals surface area contributed by atoms with E-state index in [0.29, 0.717) is 17.8 Å². The zero-order chi connectivity index (χ0) is 19.8. The lowest BCUT2D eigenvalue weighted by Crippen LogP contribution is -2.30. The summed E-state index contributed by atoms with van der Waals surface area (Å²) in [4.78, 5) is 29.0. The second-order valence-electron chi connectivity index (χ2n) is 5.60. The van der Waals surface area contributed by atoms with E-state index < -0.39 is 34.4 Å². The van der Waals surface area contributed by atoms with Crippen molar-refractivity contribution < 1.29 is 13.2 Å². The van der Waals surface area contributed by atoms with Crippen molar-refractivity contribution in [2.45, 2.75) is 19.3 Å². The van der Waals surface area contributed by atoms with Crippen LogP contribution in [0, 0.1) is 11.3 Å². The van der Waals surface area contributed by atoms with Gasteiger partial charge in [-0.3, -0.25) is 14.2 Å². The zero-order valence-corrected chi connectivity index (χ0v) is 14.3.